The summed E-state index contributed by atoms with van der Waals surface area (Å²) in [7, 11) is 0. The maximum Gasteiger partial charge on any atom is 0.322 e. The van der Waals surface area contributed by atoms with Crippen molar-refractivity contribution in [1.29, 1.82) is 5.26 Å². The minimum atomic E-state index is -0.140. The standard InChI is InChI=1S/C22H26N6O/c1-15-7-10-27(11-8-15)21-19-14-28(12-9-20(19)24-16(2)25-21)22(29)26-18-5-3-17(13-23)4-6-18/h3-6,15H,7-12,14H2,1-2H3,(H,26,29). The first kappa shape index (κ1) is 19.2. The predicted octanol–water partition coefficient (Wildman–Crippen LogP) is 3.48. The maximum absolute atomic E-state index is 12.8. The van der Waals surface area contributed by atoms with Gasteiger partial charge >= 0.3 is 6.03 Å². The normalized spacial score (nSPS) is 16.9. The highest BCUT2D eigenvalue weighted by Gasteiger charge is 2.28. The van der Waals surface area contributed by atoms with Crippen molar-refractivity contribution in [3.8, 4) is 6.07 Å². The molecule has 29 heavy (non-hydrogen) atoms. The largest absolute Gasteiger partial charge is 0.356 e. The number of aryl methyl sites for hydroxylation is 1. The molecule has 4 rings (SSSR count). The topological polar surface area (TPSA) is 85.2 Å². The molecule has 7 heteroatoms. The smallest absolute Gasteiger partial charge is 0.322 e. The van der Waals surface area contributed by atoms with Gasteiger partial charge in [0.1, 0.15) is 11.6 Å². The molecule has 1 aromatic heterocycles. The number of carbonyl (C=O) groups is 1. The molecule has 1 aromatic carbocycles. The Balaban J connectivity index is 1.52. The zero-order chi connectivity index (χ0) is 20.4. The van der Waals surface area contributed by atoms with Gasteiger partial charge in [-0.05, 0) is 49.9 Å². The number of anilines is 2. The third-order valence-electron chi connectivity index (χ3n) is 5.79. The molecule has 0 atom stereocenters. The molecule has 2 amide bonds. The molecule has 0 saturated carbocycles. The van der Waals surface area contributed by atoms with Crippen LogP contribution in [-0.2, 0) is 13.0 Å². The lowest BCUT2D eigenvalue weighted by atomic mass is 9.98. The Morgan fingerprint density at radius 2 is 1.90 bits per heavy atom. The van der Waals surface area contributed by atoms with Crippen molar-refractivity contribution < 1.29 is 4.79 Å². The second kappa shape index (κ2) is 8.08. The molecule has 0 spiro atoms. The molecule has 2 aliphatic rings. The number of nitrogens with one attached hydrogen (secondary N) is 1. The highest BCUT2D eigenvalue weighted by atomic mass is 16.2. The van der Waals surface area contributed by atoms with Crippen molar-refractivity contribution in [3.63, 3.8) is 0 Å². The zero-order valence-corrected chi connectivity index (χ0v) is 17.0. The van der Waals surface area contributed by atoms with Gasteiger partial charge < -0.3 is 15.1 Å². The van der Waals surface area contributed by atoms with Gasteiger partial charge in [0.2, 0.25) is 0 Å². The zero-order valence-electron chi connectivity index (χ0n) is 17.0. The van der Waals surface area contributed by atoms with Crippen LogP contribution in [0.1, 0.15) is 42.4 Å². The fraction of sp³-hybridized carbons (Fsp3) is 0.455. The Kier molecular flexibility index (Phi) is 5.34. The van der Waals surface area contributed by atoms with Gasteiger partial charge in [0.25, 0.3) is 0 Å². The summed E-state index contributed by atoms with van der Waals surface area (Å²) >= 11 is 0. The molecular formula is C22H26N6O. The summed E-state index contributed by atoms with van der Waals surface area (Å²) in [5, 5.41) is 11.8. The number of carbonyl (C=O) groups excluding carboxylic acids is 1. The van der Waals surface area contributed by atoms with Crippen LogP contribution in [0.5, 0.6) is 0 Å². The van der Waals surface area contributed by atoms with Gasteiger partial charge in [-0.25, -0.2) is 14.8 Å². The Morgan fingerprint density at radius 3 is 2.59 bits per heavy atom. The van der Waals surface area contributed by atoms with E-state index in [1.165, 1.54) is 12.8 Å². The number of benzene rings is 1. The Morgan fingerprint density at radius 1 is 1.17 bits per heavy atom. The van der Waals surface area contributed by atoms with E-state index in [0.717, 1.165) is 48.3 Å². The highest BCUT2D eigenvalue weighted by Crippen LogP contribution is 2.30. The lowest BCUT2D eigenvalue weighted by molar-refractivity contribution is 0.206. The van der Waals surface area contributed by atoms with Crippen LogP contribution in [0.4, 0.5) is 16.3 Å². The van der Waals surface area contributed by atoms with Gasteiger partial charge in [0, 0.05) is 37.3 Å². The number of hydrogen-bond acceptors (Lipinski definition) is 5. The molecule has 2 aliphatic heterocycles. The molecule has 0 aliphatic carbocycles. The number of fused-ring (bicyclic) bond motifs is 1. The van der Waals surface area contributed by atoms with E-state index in [4.69, 9.17) is 10.2 Å². The van der Waals surface area contributed by atoms with Crippen molar-refractivity contribution in [2.24, 2.45) is 5.92 Å². The van der Waals surface area contributed by atoms with Gasteiger partial charge in [-0.15, -0.1) is 0 Å². The van der Waals surface area contributed by atoms with Crippen LogP contribution in [0.3, 0.4) is 0 Å². The van der Waals surface area contributed by atoms with Crippen LogP contribution < -0.4 is 10.2 Å². The van der Waals surface area contributed by atoms with Crippen molar-refractivity contribution in [3.05, 3.63) is 46.9 Å². The summed E-state index contributed by atoms with van der Waals surface area (Å²) in [5.74, 6) is 2.54. The molecule has 0 bridgehead atoms. The first-order chi connectivity index (χ1) is 14.0. The Labute approximate surface area is 171 Å². The SMILES string of the molecule is Cc1nc2c(c(N3CCC(C)CC3)n1)CN(C(=O)Nc1ccc(C#N)cc1)CC2. The lowest BCUT2D eigenvalue weighted by Gasteiger charge is -2.36. The molecular weight excluding hydrogens is 364 g/mol. The maximum atomic E-state index is 12.8. The summed E-state index contributed by atoms with van der Waals surface area (Å²) in [6.45, 7) is 7.39. The van der Waals surface area contributed by atoms with Crippen LogP contribution >= 0.6 is 0 Å². The number of aromatic nitrogens is 2. The van der Waals surface area contributed by atoms with E-state index >= 15 is 0 Å². The van der Waals surface area contributed by atoms with Crippen LogP contribution in [0.25, 0.3) is 0 Å². The molecule has 3 heterocycles. The van der Waals surface area contributed by atoms with E-state index in [2.05, 4.69) is 28.2 Å². The quantitative estimate of drug-likeness (QED) is 0.848. The molecule has 1 saturated heterocycles. The number of hydrogen-bond donors (Lipinski definition) is 1. The predicted molar refractivity (Wildman–Crippen MR) is 112 cm³/mol. The first-order valence-electron chi connectivity index (χ1n) is 10.2. The molecule has 0 radical (unpaired) electrons. The van der Waals surface area contributed by atoms with E-state index in [1.54, 1.807) is 24.3 Å². The van der Waals surface area contributed by atoms with Crippen molar-refractivity contribution in [1.82, 2.24) is 14.9 Å². The van der Waals surface area contributed by atoms with Gasteiger partial charge in [-0.1, -0.05) is 6.92 Å². The fourth-order valence-corrected chi connectivity index (χ4v) is 4.00. The number of nitriles is 1. The van der Waals surface area contributed by atoms with Gasteiger partial charge in [-0.2, -0.15) is 5.26 Å². The summed E-state index contributed by atoms with van der Waals surface area (Å²) in [6, 6.07) is 8.85. The van der Waals surface area contributed by atoms with Gasteiger partial charge in [-0.3, -0.25) is 0 Å². The second-order valence-electron chi connectivity index (χ2n) is 7.98. The second-order valence-corrected chi connectivity index (χ2v) is 7.98. The number of nitrogens with zero attached hydrogens (tertiary/aromatic N) is 5. The molecule has 0 unspecified atom stereocenters. The van der Waals surface area contributed by atoms with Gasteiger partial charge in [0.15, 0.2) is 0 Å². The van der Waals surface area contributed by atoms with Crippen LogP contribution in [-0.4, -0.2) is 40.5 Å². The number of amides is 2. The summed E-state index contributed by atoms with van der Waals surface area (Å²) in [6.07, 6.45) is 3.07. The lowest BCUT2D eigenvalue weighted by Crippen LogP contribution is -2.41. The molecule has 1 N–H and O–H groups in total. The third kappa shape index (κ3) is 4.16. The average molecular weight is 390 g/mol. The molecule has 150 valence electrons. The highest BCUT2D eigenvalue weighted by molar-refractivity contribution is 5.89. The van der Waals surface area contributed by atoms with E-state index < -0.39 is 0 Å². The number of rotatable bonds is 2. The van der Waals surface area contributed by atoms with Crippen LogP contribution in [0.15, 0.2) is 24.3 Å². The van der Waals surface area contributed by atoms with Crippen LogP contribution in [0, 0.1) is 24.2 Å². The third-order valence-corrected chi connectivity index (χ3v) is 5.79. The van der Waals surface area contributed by atoms with Crippen molar-refractivity contribution in [2.75, 3.05) is 29.9 Å². The Bertz CT molecular complexity index is 941. The minimum Gasteiger partial charge on any atom is -0.356 e. The fourth-order valence-electron chi connectivity index (χ4n) is 4.00. The van der Waals surface area contributed by atoms with Gasteiger partial charge in [0.05, 0.1) is 23.9 Å². The van der Waals surface area contributed by atoms with E-state index in [-0.39, 0.29) is 6.03 Å². The number of urea groups is 1. The summed E-state index contributed by atoms with van der Waals surface area (Å²) < 4.78 is 0. The summed E-state index contributed by atoms with van der Waals surface area (Å²) in [5.41, 5.74) is 3.40. The first-order valence-corrected chi connectivity index (χ1v) is 10.2. The molecule has 7 nitrogen and oxygen atoms in total. The van der Waals surface area contributed by atoms with E-state index in [1.807, 2.05) is 11.8 Å². The Hall–Kier alpha value is -3.14. The monoisotopic (exact) mass is 390 g/mol. The molecule has 2 aromatic rings. The van der Waals surface area contributed by atoms with Crippen molar-refractivity contribution in [2.45, 2.75) is 39.7 Å². The average Bonchev–Trinajstić information content (AvgIpc) is 2.74. The van der Waals surface area contributed by atoms with E-state index in [0.29, 0.717) is 24.3 Å². The number of piperidine rings is 1. The minimum absolute atomic E-state index is 0.140. The molecule has 1 fully saturated rings. The van der Waals surface area contributed by atoms with Crippen molar-refractivity contribution >= 4 is 17.5 Å². The summed E-state index contributed by atoms with van der Waals surface area (Å²) in [4.78, 5) is 26.4. The van der Waals surface area contributed by atoms with Crippen LogP contribution in [0.2, 0.25) is 0 Å². The van der Waals surface area contributed by atoms with E-state index in [9.17, 15) is 4.79 Å².